The zero-order valence-electron chi connectivity index (χ0n) is 9.04. The second-order valence-electron chi connectivity index (χ2n) is 4.64. The van der Waals surface area contributed by atoms with Gasteiger partial charge in [0.1, 0.15) is 0 Å². The molecule has 2 atom stereocenters. The molecule has 2 aliphatic rings. The van der Waals surface area contributed by atoms with Crippen LogP contribution in [0.1, 0.15) is 19.3 Å². The van der Waals surface area contributed by atoms with E-state index in [2.05, 4.69) is 5.32 Å². The van der Waals surface area contributed by atoms with E-state index in [-0.39, 0.29) is 24.4 Å². The lowest BCUT2D eigenvalue weighted by Gasteiger charge is -2.33. The summed E-state index contributed by atoms with van der Waals surface area (Å²) in [7, 11) is 0. The highest BCUT2D eigenvalue weighted by molar-refractivity contribution is 5.79. The maximum Gasteiger partial charge on any atom is 0.227 e. The summed E-state index contributed by atoms with van der Waals surface area (Å²) >= 11 is 0. The number of alkyl halides is 1. The summed E-state index contributed by atoms with van der Waals surface area (Å²) in [5.41, 5.74) is 0. The second-order valence-corrected chi connectivity index (χ2v) is 4.64. The number of nitrogens with zero attached hydrogens (tertiary/aromatic N) is 1. The number of carbonyl (C=O) groups excluding carboxylic acids is 1. The molecule has 2 heterocycles. The fourth-order valence-corrected chi connectivity index (χ4v) is 2.51. The third-order valence-corrected chi connectivity index (χ3v) is 3.46. The van der Waals surface area contributed by atoms with Crippen molar-refractivity contribution in [2.45, 2.75) is 19.3 Å². The SMILES string of the molecule is O=C([C@H]1CCNC1)N1CCC[C@@H](CF)C1. The van der Waals surface area contributed by atoms with Crippen molar-refractivity contribution in [1.82, 2.24) is 10.2 Å². The zero-order chi connectivity index (χ0) is 10.7. The van der Waals surface area contributed by atoms with Gasteiger partial charge in [-0.1, -0.05) is 0 Å². The molecule has 0 aliphatic carbocycles. The van der Waals surface area contributed by atoms with Gasteiger partial charge in [0.25, 0.3) is 0 Å². The molecule has 0 saturated carbocycles. The minimum absolute atomic E-state index is 0.0806. The largest absolute Gasteiger partial charge is 0.342 e. The molecule has 0 aromatic rings. The molecule has 4 heteroatoms. The number of rotatable bonds is 2. The summed E-state index contributed by atoms with van der Waals surface area (Å²) in [6, 6.07) is 0. The van der Waals surface area contributed by atoms with Crippen LogP contribution in [0, 0.1) is 11.8 Å². The van der Waals surface area contributed by atoms with Gasteiger partial charge >= 0.3 is 0 Å². The van der Waals surface area contributed by atoms with Crippen molar-refractivity contribution in [3.05, 3.63) is 0 Å². The fourth-order valence-electron chi connectivity index (χ4n) is 2.51. The van der Waals surface area contributed by atoms with Crippen LogP contribution in [0.25, 0.3) is 0 Å². The van der Waals surface area contributed by atoms with Crippen LogP contribution < -0.4 is 5.32 Å². The van der Waals surface area contributed by atoms with Crippen molar-refractivity contribution in [3.63, 3.8) is 0 Å². The number of piperidine rings is 1. The molecule has 2 rings (SSSR count). The average Bonchev–Trinajstić information content (AvgIpc) is 2.81. The quantitative estimate of drug-likeness (QED) is 0.737. The van der Waals surface area contributed by atoms with Crippen molar-refractivity contribution in [3.8, 4) is 0 Å². The Balaban J connectivity index is 1.88. The topological polar surface area (TPSA) is 32.3 Å². The molecule has 0 unspecified atom stereocenters. The first kappa shape index (κ1) is 10.9. The molecule has 3 nitrogen and oxygen atoms in total. The van der Waals surface area contributed by atoms with Crippen LogP contribution in [0.4, 0.5) is 4.39 Å². The van der Waals surface area contributed by atoms with Gasteiger partial charge < -0.3 is 10.2 Å². The lowest BCUT2D eigenvalue weighted by atomic mass is 9.97. The third-order valence-electron chi connectivity index (χ3n) is 3.46. The smallest absolute Gasteiger partial charge is 0.227 e. The minimum atomic E-state index is -0.285. The lowest BCUT2D eigenvalue weighted by molar-refractivity contribution is -0.136. The van der Waals surface area contributed by atoms with Crippen LogP contribution in [0.5, 0.6) is 0 Å². The van der Waals surface area contributed by atoms with Crippen LogP contribution >= 0.6 is 0 Å². The molecule has 2 saturated heterocycles. The van der Waals surface area contributed by atoms with Crippen LogP contribution in [-0.2, 0) is 4.79 Å². The maximum atomic E-state index is 12.5. The molecule has 86 valence electrons. The number of likely N-dealkylation sites (tertiary alicyclic amines) is 1. The Morgan fingerprint density at radius 1 is 1.47 bits per heavy atom. The first-order valence-electron chi connectivity index (χ1n) is 5.86. The number of hydrogen-bond donors (Lipinski definition) is 1. The van der Waals surface area contributed by atoms with Gasteiger partial charge in [-0.25, -0.2) is 0 Å². The monoisotopic (exact) mass is 214 g/mol. The lowest BCUT2D eigenvalue weighted by Crippen LogP contribution is -2.44. The van der Waals surface area contributed by atoms with Crippen molar-refractivity contribution in [2.75, 3.05) is 32.9 Å². The van der Waals surface area contributed by atoms with E-state index < -0.39 is 0 Å². The molecule has 0 spiro atoms. The summed E-state index contributed by atoms with van der Waals surface area (Å²) in [4.78, 5) is 13.9. The van der Waals surface area contributed by atoms with Gasteiger partial charge in [-0.05, 0) is 25.8 Å². The number of amides is 1. The summed E-state index contributed by atoms with van der Waals surface area (Å²) in [6.45, 7) is 2.91. The van der Waals surface area contributed by atoms with E-state index >= 15 is 0 Å². The average molecular weight is 214 g/mol. The van der Waals surface area contributed by atoms with E-state index in [9.17, 15) is 9.18 Å². The Labute approximate surface area is 90.0 Å². The molecule has 15 heavy (non-hydrogen) atoms. The number of carbonyl (C=O) groups is 1. The summed E-state index contributed by atoms with van der Waals surface area (Å²) in [5.74, 6) is 0.457. The van der Waals surface area contributed by atoms with Crippen molar-refractivity contribution >= 4 is 5.91 Å². The third kappa shape index (κ3) is 2.48. The highest BCUT2D eigenvalue weighted by Crippen LogP contribution is 2.20. The molecular weight excluding hydrogens is 195 g/mol. The van der Waals surface area contributed by atoms with Gasteiger partial charge in [0.05, 0.1) is 12.6 Å². The molecule has 0 bridgehead atoms. The number of hydrogen-bond acceptors (Lipinski definition) is 2. The van der Waals surface area contributed by atoms with E-state index in [4.69, 9.17) is 0 Å². The van der Waals surface area contributed by atoms with Gasteiger partial charge in [-0.2, -0.15) is 0 Å². The van der Waals surface area contributed by atoms with E-state index in [1.807, 2.05) is 4.90 Å². The normalized spacial score (nSPS) is 31.9. The zero-order valence-corrected chi connectivity index (χ0v) is 9.04. The van der Waals surface area contributed by atoms with Gasteiger partial charge in [0, 0.05) is 25.6 Å². The van der Waals surface area contributed by atoms with Crippen LogP contribution in [0.2, 0.25) is 0 Å². The first-order valence-corrected chi connectivity index (χ1v) is 5.86. The van der Waals surface area contributed by atoms with E-state index in [0.29, 0.717) is 6.54 Å². The van der Waals surface area contributed by atoms with E-state index in [0.717, 1.165) is 38.9 Å². The second kappa shape index (κ2) is 4.92. The summed E-state index contributed by atoms with van der Waals surface area (Å²) in [5, 5.41) is 3.20. The molecule has 0 aromatic carbocycles. The Morgan fingerprint density at radius 2 is 2.33 bits per heavy atom. The maximum absolute atomic E-state index is 12.5. The number of nitrogens with one attached hydrogen (secondary N) is 1. The van der Waals surface area contributed by atoms with Gasteiger partial charge in [0.2, 0.25) is 5.91 Å². The first-order chi connectivity index (χ1) is 7.31. The predicted octanol–water partition coefficient (Wildman–Crippen LogP) is 0.804. The summed E-state index contributed by atoms with van der Waals surface area (Å²) < 4.78 is 12.5. The Morgan fingerprint density at radius 3 is 3.00 bits per heavy atom. The van der Waals surface area contributed by atoms with Gasteiger partial charge in [-0.3, -0.25) is 9.18 Å². The standard InChI is InChI=1S/C11H19FN2O/c12-6-9-2-1-5-14(8-9)11(15)10-3-4-13-7-10/h9-10,13H,1-8H2/t9-,10-/m0/s1. The highest BCUT2D eigenvalue weighted by Gasteiger charge is 2.30. The predicted molar refractivity (Wildman–Crippen MR) is 56.3 cm³/mol. The van der Waals surface area contributed by atoms with E-state index in [1.54, 1.807) is 0 Å². The van der Waals surface area contributed by atoms with Crippen LogP contribution in [0.3, 0.4) is 0 Å². The minimum Gasteiger partial charge on any atom is -0.342 e. The Bertz CT molecular complexity index is 229. The van der Waals surface area contributed by atoms with Crippen molar-refractivity contribution in [2.24, 2.45) is 11.8 Å². The van der Waals surface area contributed by atoms with Crippen molar-refractivity contribution < 1.29 is 9.18 Å². The highest BCUT2D eigenvalue weighted by atomic mass is 19.1. The fraction of sp³-hybridized carbons (Fsp3) is 0.909. The Hall–Kier alpha value is -0.640. The molecular formula is C11H19FN2O. The summed E-state index contributed by atoms with van der Waals surface area (Å²) in [6.07, 6.45) is 2.83. The molecule has 1 amide bonds. The molecule has 0 radical (unpaired) electrons. The molecule has 2 aliphatic heterocycles. The molecule has 2 fully saturated rings. The molecule has 1 N–H and O–H groups in total. The van der Waals surface area contributed by atoms with Crippen molar-refractivity contribution in [1.29, 1.82) is 0 Å². The van der Waals surface area contributed by atoms with Gasteiger partial charge in [0.15, 0.2) is 0 Å². The van der Waals surface area contributed by atoms with Gasteiger partial charge in [-0.15, -0.1) is 0 Å². The van der Waals surface area contributed by atoms with Crippen LogP contribution in [-0.4, -0.2) is 43.7 Å². The van der Waals surface area contributed by atoms with Crippen LogP contribution in [0.15, 0.2) is 0 Å². The number of halogens is 1. The Kier molecular flexibility index (Phi) is 3.57. The van der Waals surface area contributed by atoms with E-state index in [1.165, 1.54) is 0 Å². The molecule has 0 aromatic heterocycles.